The first-order chi connectivity index (χ1) is 12.4. The second-order valence-electron chi connectivity index (χ2n) is 6.92. The molecule has 1 aromatic rings. The van der Waals surface area contributed by atoms with E-state index in [9.17, 15) is 13.2 Å². The molecule has 0 aromatic carbocycles. The summed E-state index contributed by atoms with van der Waals surface area (Å²) in [6.07, 6.45) is 3.03. The maximum atomic E-state index is 13.0. The van der Waals surface area contributed by atoms with Crippen LogP contribution in [-0.4, -0.2) is 65.4 Å². The minimum absolute atomic E-state index is 0.125. The van der Waals surface area contributed by atoms with Gasteiger partial charge in [0.05, 0.1) is 10.9 Å². The van der Waals surface area contributed by atoms with Crippen LogP contribution < -0.4 is 5.32 Å². The molecule has 8 nitrogen and oxygen atoms in total. The summed E-state index contributed by atoms with van der Waals surface area (Å²) in [6.45, 7) is 5.59. The van der Waals surface area contributed by atoms with Gasteiger partial charge in [-0.3, -0.25) is 4.79 Å². The Morgan fingerprint density at radius 3 is 2.54 bits per heavy atom. The molecule has 0 spiro atoms. The van der Waals surface area contributed by atoms with E-state index in [-0.39, 0.29) is 12.5 Å². The third kappa shape index (κ3) is 3.42. The van der Waals surface area contributed by atoms with Crippen molar-refractivity contribution in [3.8, 4) is 0 Å². The van der Waals surface area contributed by atoms with E-state index < -0.39 is 15.3 Å². The van der Waals surface area contributed by atoms with Crippen LogP contribution in [0.4, 0.5) is 5.95 Å². The standard InChI is InChI=1S/C17H27N5O3S/c1-4-12(2)26(24,25)22-10-7-14-13(11-22)15(20-17(18-3)19-14)16(23)21-8-5-6-9-21/h12H,4-11H2,1-3H3,(H,18,19,20)/t12-/m0/s1. The van der Waals surface area contributed by atoms with E-state index in [1.165, 1.54) is 4.31 Å². The minimum Gasteiger partial charge on any atom is -0.357 e. The van der Waals surface area contributed by atoms with Crippen LogP contribution in [0.25, 0.3) is 0 Å². The Labute approximate surface area is 155 Å². The lowest BCUT2D eigenvalue weighted by molar-refractivity contribution is 0.0784. The van der Waals surface area contributed by atoms with Crippen molar-refractivity contribution in [1.29, 1.82) is 0 Å². The van der Waals surface area contributed by atoms with E-state index >= 15 is 0 Å². The normalized spacial score (nSPS) is 19.3. The maximum Gasteiger partial charge on any atom is 0.273 e. The molecule has 0 bridgehead atoms. The molecule has 1 N–H and O–H groups in total. The van der Waals surface area contributed by atoms with Crippen molar-refractivity contribution in [2.75, 3.05) is 32.0 Å². The average molecular weight is 382 g/mol. The van der Waals surface area contributed by atoms with Gasteiger partial charge in [-0.25, -0.2) is 18.4 Å². The van der Waals surface area contributed by atoms with E-state index in [0.29, 0.717) is 36.6 Å². The molecule has 1 atom stereocenters. The van der Waals surface area contributed by atoms with E-state index in [2.05, 4.69) is 15.3 Å². The molecule has 1 amide bonds. The highest BCUT2D eigenvalue weighted by Gasteiger charge is 2.35. The van der Waals surface area contributed by atoms with E-state index in [1.54, 1.807) is 18.9 Å². The Bertz CT molecular complexity index is 790. The summed E-state index contributed by atoms with van der Waals surface area (Å²) < 4.78 is 27.0. The van der Waals surface area contributed by atoms with Gasteiger partial charge in [0, 0.05) is 45.2 Å². The van der Waals surface area contributed by atoms with E-state index in [4.69, 9.17) is 0 Å². The van der Waals surface area contributed by atoms with Crippen molar-refractivity contribution in [2.45, 2.75) is 51.3 Å². The molecule has 0 unspecified atom stereocenters. The number of carbonyl (C=O) groups is 1. The molecule has 2 aliphatic heterocycles. The molecular formula is C17H27N5O3S. The van der Waals surface area contributed by atoms with Crippen LogP contribution in [0.5, 0.6) is 0 Å². The zero-order valence-corrected chi connectivity index (χ0v) is 16.5. The molecule has 3 rings (SSSR count). The van der Waals surface area contributed by atoms with Crippen LogP contribution in [-0.2, 0) is 23.0 Å². The van der Waals surface area contributed by atoms with Gasteiger partial charge in [0.1, 0.15) is 5.69 Å². The Kier molecular flexibility index (Phi) is 5.47. The highest BCUT2D eigenvalue weighted by molar-refractivity contribution is 7.89. The first kappa shape index (κ1) is 19.0. The molecule has 3 heterocycles. The number of nitrogens with one attached hydrogen (secondary N) is 1. The van der Waals surface area contributed by atoms with Crippen molar-refractivity contribution < 1.29 is 13.2 Å². The second kappa shape index (κ2) is 7.48. The quantitative estimate of drug-likeness (QED) is 0.824. The lowest BCUT2D eigenvalue weighted by atomic mass is 10.0. The molecule has 144 valence electrons. The van der Waals surface area contributed by atoms with Crippen molar-refractivity contribution in [3.05, 3.63) is 17.0 Å². The Morgan fingerprint density at radius 1 is 1.23 bits per heavy atom. The monoisotopic (exact) mass is 381 g/mol. The van der Waals surface area contributed by atoms with Crippen molar-refractivity contribution in [3.63, 3.8) is 0 Å². The molecule has 0 saturated carbocycles. The molecule has 0 radical (unpaired) electrons. The van der Waals surface area contributed by atoms with E-state index in [1.807, 2.05) is 6.92 Å². The third-order valence-electron chi connectivity index (χ3n) is 5.29. The zero-order chi connectivity index (χ0) is 18.9. The number of likely N-dealkylation sites (tertiary alicyclic amines) is 1. The predicted octanol–water partition coefficient (Wildman–Crippen LogP) is 1.24. The number of amides is 1. The molecular weight excluding hydrogens is 354 g/mol. The molecule has 1 fully saturated rings. The molecule has 0 aliphatic carbocycles. The number of sulfonamides is 1. The van der Waals surface area contributed by atoms with Crippen LogP contribution in [0.1, 0.15) is 54.9 Å². The second-order valence-corrected chi connectivity index (χ2v) is 9.27. The van der Waals surface area contributed by atoms with Gasteiger partial charge in [-0.2, -0.15) is 4.31 Å². The van der Waals surface area contributed by atoms with Crippen LogP contribution in [0.3, 0.4) is 0 Å². The number of hydrogen-bond acceptors (Lipinski definition) is 6. The number of hydrogen-bond donors (Lipinski definition) is 1. The lowest BCUT2D eigenvalue weighted by Crippen LogP contribution is -2.42. The molecule has 26 heavy (non-hydrogen) atoms. The van der Waals surface area contributed by atoms with Gasteiger partial charge in [-0.1, -0.05) is 6.92 Å². The Balaban J connectivity index is 1.99. The fourth-order valence-electron chi connectivity index (χ4n) is 3.43. The van der Waals surface area contributed by atoms with Crippen LogP contribution >= 0.6 is 0 Å². The van der Waals surface area contributed by atoms with Crippen LogP contribution in [0, 0.1) is 0 Å². The molecule has 9 heteroatoms. The maximum absolute atomic E-state index is 13.0. The SMILES string of the molecule is CC[C@H](C)S(=O)(=O)N1CCc2nc(NC)nc(C(=O)N3CCCC3)c2C1. The summed E-state index contributed by atoms with van der Waals surface area (Å²) in [5.74, 6) is 0.282. The van der Waals surface area contributed by atoms with Gasteiger partial charge in [-0.05, 0) is 26.2 Å². The number of carbonyl (C=O) groups excluding carboxylic acids is 1. The fourth-order valence-corrected chi connectivity index (χ4v) is 5.02. The number of aromatic nitrogens is 2. The Hall–Kier alpha value is -1.74. The van der Waals surface area contributed by atoms with E-state index in [0.717, 1.165) is 31.6 Å². The first-order valence-corrected chi connectivity index (χ1v) is 10.7. The largest absolute Gasteiger partial charge is 0.357 e. The summed E-state index contributed by atoms with van der Waals surface area (Å²) in [5.41, 5.74) is 1.76. The van der Waals surface area contributed by atoms with Crippen LogP contribution in [0.15, 0.2) is 0 Å². The summed E-state index contributed by atoms with van der Waals surface area (Å²) >= 11 is 0. The summed E-state index contributed by atoms with van der Waals surface area (Å²) in [6, 6.07) is 0. The van der Waals surface area contributed by atoms with Crippen molar-refractivity contribution in [1.82, 2.24) is 19.2 Å². The van der Waals surface area contributed by atoms with Gasteiger partial charge < -0.3 is 10.2 Å². The first-order valence-electron chi connectivity index (χ1n) is 9.24. The number of rotatable bonds is 5. The minimum atomic E-state index is -3.39. The average Bonchev–Trinajstić information content (AvgIpc) is 3.19. The number of fused-ring (bicyclic) bond motifs is 1. The van der Waals surface area contributed by atoms with Gasteiger partial charge in [0.25, 0.3) is 5.91 Å². The summed E-state index contributed by atoms with van der Waals surface area (Å²) in [5, 5.41) is 2.46. The topological polar surface area (TPSA) is 95.5 Å². The van der Waals surface area contributed by atoms with Gasteiger partial charge >= 0.3 is 0 Å². The van der Waals surface area contributed by atoms with Gasteiger partial charge in [0.2, 0.25) is 16.0 Å². The third-order valence-corrected chi connectivity index (χ3v) is 7.67. The predicted molar refractivity (Wildman–Crippen MR) is 99.5 cm³/mol. The smallest absolute Gasteiger partial charge is 0.273 e. The summed E-state index contributed by atoms with van der Waals surface area (Å²) in [7, 11) is -1.68. The highest BCUT2D eigenvalue weighted by atomic mass is 32.2. The zero-order valence-electron chi connectivity index (χ0n) is 15.7. The Morgan fingerprint density at radius 2 is 1.92 bits per heavy atom. The summed E-state index contributed by atoms with van der Waals surface area (Å²) in [4.78, 5) is 23.6. The van der Waals surface area contributed by atoms with Crippen molar-refractivity contribution in [2.24, 2.45) is 0 Å². The molecule has 2 aliphatic rings. The molecule has 1 saturated heterocycles. The van der Waals surface area contributed by atoms with Crippen LogP contribution in [0.2, 0.25) is 0 Å². The number of anilines is 1. The van der Waals surface area contributed by atoms with Gasteiger partial charge in [0.15, 0.2) is 0 Å². The van der Waals surface area contributed by atoms with Gasteiger partial charge in [-0.15, -0.1) is 0 Å². The highest BCUT2D eigenvalue weighted by Crippen LogP contribution is 2.27. The fraction of sp³-hybridized carbons (Fsp3) is 0.706. The number of nitrogens with zero attached hydrogens (tertiary/aromatic N) is 4. The molecule has 1 aromatic heterocycles. The van der Waals surface area contributed by atoms with Crippen molar-refractivity contribution >= 4 is 21.9 Å². The lowest BCUT2D eigenvalue weighted by Gasteiger charge is -2.31.